The summed E-state index contributed by atoms with van der Waals surface area (Å²) in [6.45, 7) is 7.54. The fourth-order valence-corrected chi connectivity index (χ4v) is 4.21. The Morgan fingerprint density at radius 1 is 1.31 bits per heavy atom. The summed E-state index contributed by atoms with van der Waals surface area (Å²) in [4.78, 5) is 24.8. The van der Waals surface area contributed by atoms with Crippen molar-refractivity contribution in [3.05, 3.63) is 45.4 Å². The monoisotopic (exact) mass is 400 g/mol. The van der Waals surface area contributed by atoms with E-state index in [0.717, 1.165) is 23.4 Å². The van der Waals surface area contributed by atoms with E-state index in [1.165, 1.54) is 7.11 Å². The number of phenolic OH excluding ortho intramolecular Hbond substituents is 1. The molecule has 2 aliphatic rings. The highest BCUT2D eigenvalue weighted by Crippen LogP contribution is 2.27. The summed E-state index contributed by atoms with van der Waals surface area (Å²) < 4.78 is 10.9. The number of hydrogen-bond acceptors (Lipinski definition) is 7. The topological polar surface area (TPSA) is 90.9 Å². The van der Waals surface area contributed by atoms with Gasteiger partial charge in [0.05, 0.1) is 25.0 Å². The van der Waals surface area contributed by atoms with Crippen LogP contribution in [0.5, 0.6) is 11.5 Å². The summed E-state index contributed by atoms with van der Waals surface area (Å²) >= 11 is 0. The Morgan fingerprint density at radius 3 is 2.76 bits per heavy atom. The Labute approximate surface area is 170 Å². The lowest BCUT2D eigenvalue weighted by atomic mass is 10.1. The molecule has 0 spiro atoms. The number of fused-ring (bicyclic) bond motifs is 1. The van der Waals surface area contributed by atoms with Crippen molar-refractivity contribution in [2.45, 2.75) is 45.6 Å². The number of phenols is 1. The standard InChI is InChI=1S/C21H28N4O4/c1-13-9-25(10-14(2)29-13)21-22-17-12-24(7-6-16(17)20(27)23-21)11-15-4-5-19(28-3)18(26)8-15/h4-5,8,13-14,26H,6-7,9-12H2,1-3H3,(H,22,23,27). The Morgan fingerprint density at radius 2 is 2.07 bits per heavy atom. The number of aromatic nitrogens is 2. The van der Waals surface area contributed by atoms with Gasteiger partial charge < -0.3 is 19.5 Å². The zero-order valence-electron chi connectivity index (χ0n) is 17.1. The van der Waals surface area contributed by atoms with E-state index in [1.807, 2.05) is 19.9 Å². The quantitative estimate of drug-likeness (QED) is 0.806. The van der Waals surface area contributed by atoms with Crippen molar-refractivity contribution in [1.82, 2.24) is 14.9 Å². The number of H-pyrrole nitrogens is 1. The number of morpholine rings is 1. The van der Waals surface area contributed by atoms with Gasteiger partial charge in [0.15, 0.2) is 11.5 Å². The first-order chi connectivity index (χ1) is 13.9. The van der Waals surface area contributed by atoms with Crippen molar-refractivity contribution in [1.29, 1.82) is 0 Å². The number of benzene rings is 1. The number of aromatic hydroxyl groups is 1. The average molecular weight is 400 g/mol. The lowest BCUT2D eigenvalue weighted by molar-refractivity contribution is -0.00576. The molecule has 1 fully saturated rings. The first-order valence-electron chi connectivity index (χ1n) is 10.0. The molecule has 156 valence electrons. The van der Waals surface area contributed by atoms with Crippen LogP contribution in [-0.4, -0.2) is 58.9 Å². The fraction of sp³-hybridized carbons (Fsp3) is 0.524. The van der Waals surface area contributed by atoms with Crippen molar-refractivity contribution in [2.24, 2.45) is 0 Å². The van der Waals surface area contributed by atoms with Gasteiger partial charge in [-0.2, -0.15) is 0 Å². The molecule has 0 saturated carbocycles. The molecule has 0 radical (unpaired) electrons. The van der Waals surface area contributed by atoms with E-state index in [1.54, 1.807) is 12.1 Å². The van der Waals surface area contributed by atoms with Gasteiger partial charge in [0, 0.05) is 38.3 Å². The van der Waals surface area contributed by atoms with Gasteiger partial charge in [-0.05, 0) is 38.0 Å². The van der Waals surface area contributed by atoms with Crippen LogP contribution in [0.4, 0.5) is 5.95 Å². The molecule has 1 aromatic carbocycles. The molecule has 2 aromatic rings. The van der Waals surface area contributed by atoms with Crippen LogP contribution >= 0.6 is 0 Å². The van der Waals surface area contributed by atoms with E-state index in [-0.39, 0.29) is 23.5 Å². The molecule has 29 heavy (non-hydrogen) atoms. The van der Waals surface area contributed by atoms with Crippen molar-refractivity contribution in [3.63, 3.8) is 0 Å². The highest BCUT2D eigenvalue weighted by Gasteiger charge is 2.27. The lowest BCUT2D eigenvalue weighted by Gasteiger charge is -2.36. The molecular weight excluding hydrogens is 372 g/mol. The molecule has 2 unspecified atom stereocenters. The van der Waals surface area contributed by atoms with Crippen molar-refractivity contribution in [2.75, 3.05) is 31.6 Å². The number of nitrogens with one attached hydrogen (secondary N) is 1. The van der Waals surface area contributed by atoms with Crippen LogP contribution in [0.1, 0.15) is 30.7 Å². The van der Waals surface area contributed by atoms with Gasteiger partial charge in [0.2, 0.25) is 5.95 Å². The second kappa shape index (κ2) is 8.04. The highest BCUT2D eigenvalue weighted by atomic mass is 16.5. The average Bonchev–Trinajstić information content (AvgIpc) is 2.67. The third-order valence-electron chi connectivity index (χ3n) is 5.51. The van der Waals surface area contributed by atoms with Gasteiger partial charge in [-0.3, -0.25) is 14.7 Å². The van der Waals surface area contributed by atoms with E-state index in [2.05, 4.69) is 14.8 Å². The lowest BCUT2D eigenvalue weighted by Crippen LogP contribution is -2.47. The van der Waals surface area contributed by atoms with Gasteiger partial charge in [0.25, 0.3) is 5.56 Å². The van der Waals surface area contributed by atoms with Crippen LogP contribution in [0.25, 0.3) is 0 Å². The first kappa shape index (κ1) is 19.7. The molecule has 8 heteroatoms. The van der Waals surface area contributed by atoms with Crippen LogP contribution in [0, 0.1) is 0 Å². The number of hydrogen-bond donors (Lipinski definition) is 2. The van der Waals surface area contributed by atoms with Crippen LogP contribution in [0.3, 0.4) is 0 Å². The zero-order chi connectivity index (χ0) is 20.5. The minimum absolute atomic E-state index is 0.0430. The minimum Gasteiger partial charge on any atom is -0.504 e. The number of methoxy groups -OCH3 is 1. The summed E-state index contributed by atoms with van der Waals surface area (Å²) in [7, 11) is 1.53. The minimum atomic E-state index is -0.0430. The predicted octanol–water partition coefficient (Wildman–Crippen LogP) is 1.66. The van der Waals surface area contributed by atoms with E-state index < -0.39 is 0 Å². The Kier molecular flexibility index (Phi) is 5.47. The molecule has 8 nitrogen and oxygen atoms in total. The molecule has 2 atom stereocenters. The number of ether oxygens (including phenoxy) is 2. The van der Waals surface area contributed by atoms with Gasteiger partial charge in [0.1, 0.15) is 0 Å². The van der Waals surface area contributed by atoms with E-state index in [0.29, 0.717) is 44.3 Å². The second-order valence-electron chi connectivity index (χ2n) is 7.94. The van der Waals surface area contributed by atoms with Gasteiger partial charge in [-0.15, -0.1) is 0 Å². The summed E-state index contributed by atoms with van der Waals surface area (Å²) in [5.74, 6) is 1.22. The third kappa shape index (κ3) is 4.23. The Hall–Kier alpha value is -2.58. The summed E-state index contributed by atoms with van der Waals surface area (Å²) in [5, 5.41) is 10.0. The van der Waals surface area contributed by atoms with E-state index >= 15 is 0 Å². The smallest absolute Gasteiger partial charge is 0.255 e. The largest absolute Gasteiger partial charge is 0.504 e. The van der Waals surface area contributed by atoms with Crippen LogP contribution in [-0.2, 0) is 24.2 Å². The first-order valence-corrected chi connectivity index (χ1v) is 10.0. The van der Waals surface area contributed by atoms with Crippen LogP contribution in [0.15, 0.2) is 23.0 Å². The maximum Gasteiger partial charge on any atom is 0.255 e. The number of nitrogens with zero attached hydrogens (tertiary/aromatic N) is 3. The van der Waals surface area contributed by atoms with Gasteiger partial charge >= 0.3 is 0 Å². The van der Waals surface area contributed by atoms with Crippen LogP contribution < -0.4 is 15.2 Å². The summed E-state index contributed by atoms with van der Waals surface area (Å²) in [6.07, 6.45) is 0.856. The summed E-state index contributed by atoms with van der Waals surface area (Å²) in [5.41, 5.74) is 2.56. The van der Waals surface area contributed by atoms with Crippen molar-refractivity contribution < 1.29 is 14.6 Å². The van der Waals surface area contributed by atoms with Gasteiger partial charge in [-0.25, -0.2) is 4.98 Å². The van der Waals surface area contributed by atoms with Crippen molar-refractivity contribution >= 4 is 5.95 Å². The molecule has 1 saturated heterocycles. The molecule has 3 heterocycles. The predicted molar refractivity (Wildman–Crippen MR) is 110 cm³/mol. The number of rotatable bonds is 4. The molecule has 2 aliphatic heterocycles. The third-order valence-corrected chi connectivity index (χ3v) is 5.51. The highest BCUT2D eigenvalue weighted by molar-refractivity contribution is 5.42. The van der Waals surface area contributed by atoms with Crippen LogP contribution in [0.2, 0.25) is 0 Å². The molecule has 0 aliphatic carbocycles. The summed E-state index contributed by atoms with van der Waals surface area (Å²) in [6, 6.07) is 5.44. The Bertz CT molecular complexity index is 935. The molecule has 0 amide bonds. The zero-order valence-corrected chi connectivity index (χ0v) is 17.1. The molecule has 4 rings (SSSR count). The van der Waals surface area contributed by atoms with Gasteiger partial charge in [-0.1, -0.05) is 6.07 Å². The molecule has 1 aromatic heterocycles. The molecule has 2 N–H and O–H groups in total. The van der Waals surface area contributed by atoms with E-state index in [9.17, 15) is 9.90 Å². The SMILES string of the molecule is COc1ccc(CN2CCc3c(nc(N4CC(C)OC(C)C4)[nH]c3=O)C2)cc1O. The normalized spacial score (nSPS) is 22.4. The maximum absolute atomic E-state index is 12.7. The fourth-order valence-electron chi connectivity index (χ4n) is 4.21. The number of anilines is 1. The maximum atomic E-state index is 12.7. The number of aromatic amines is 1. The molecule has 0 bridgehead atoms. The molecular formula is C21H28N4O4. The Balaban J connectivity index is 1.53. The second-order valence-corrected chi connectivity index (χ2v) is 7.94. The van der Waals surface area contributed by atoms with Crippen molar-refractivity contribution in [3.8, 4) is 11.5 Å². The van der Waals surface area contributed by atoms with E-state index in [4.69, 9.17) is 14.5 Å².